The molecule has 0 bridgehead atoms. The first-order valence-electron chi connectivity index (χ1n) is 14.6. The zero-order valence-electron chi connectivity index (χ0n) is 27.3. The Kier molecular flexibility index (Phi) is 9.10. The van der Waals surface area contributed by atoms with Crippen LogP contribution in [0.3, 0.4) is 0 Å². The Bertz CT molecular complexity index is 1020. The summed E-state index contributed by atoms with van der Waals surface area (Å²) in [6.45, 7) is 31.8. The number of hydrogen-bond donors (Lipinski definition) is 1. The van der Waals surface area contributed by atoms with E-state index < -0.39 is 0 Å². The van der Waals surface area contributed by atoms with Gasteiger partial charge in [-0.25, -0.2) is 0 Å². The second kappa shape index (κ2) is 11.0. The van der Waals surface area contributed by atoms with Gasteiger partial charge >= 0.3 is 0 Å². The number of nitrogens with zero attached hydrogens (tertiary/aromatic N) is 1. The van der Waals surface area contributed by atoms with Crippen LogP contribution in [-0.2, 0) is 21.7 Å². The Morgan fingerprint density at radius 3 is 1.23 bits per heavy atom. The number of likely N-dealkylation sites (tertiary alicyclic amines) is 1. The summed E-state index contributed by atoms with van der Waals surface area (Å²) in [7, 11) is 2.25. The maximum Gasteiger partial charge on any atom is 0.123 e. The van der Waals surface area contributed by atoms with E-state index in [1.54, 1.807) is 0 Å². The molecule has 1 fully saturated rings. The van der Waals surface area contributed by atoms with E-state index in [2.05, 4.69) is 138 Å². The summed E-state index contributed by atoms with van der Waals surface area (Å²) in [5.41, 5.74) is 6.37. The van der Waals surface area contributed by atoms with Crippen molar-refractivity contribution in [2.24, 2.45) is 0 Å². The lowest BCUT2D eigenvalue weighted by Gasteiger charge is -2.41. The summed E-state index contributed by atoms with van der Waals surface area (Å²) in [5, 5.41) is 11.3. The van der Waals surface area contributed by atoms with E-state index >= 15 is 0 Å². The third-order valence-corrected chi connectivity index (χ3v) is 11.1. The van der Waals surface area contributed by atoms with Gasteiger partial charge in [-0.15, -0.1) is 23.5 Å². The molecule has 0 unspecified atom stereocenters. The molecule has 1 saturated heterocycles. The third-order valence-electron chi connectivity index (χ3n) is 8.05. The first-order chi connectivity index (χ1) is 17.5. The minimum absolute atomic E-state index is 0.0351. The van der Waals surface area contributed by atoms with Gasteiger partial charge in [-0.2, -0.15) is 0 Å². The lowest BCUT2D eigenvalue weighted by Crippen LogP contribution is -2.38. The molecule has 4 heteroatoms. The second-order valence-corrected chi connectivity index (χ2v) is 19.1. The third kappa shape index (κ3) is 7.60. The van der Waals surface area contributed by atoms with Crippen LogP contribution in [0.25, 0.3) is 0 Å². The van der Waals surface area contributed by atoms with E-state index in [-0.39, 0.29) is 25.7 Å². The number of phenolic OH excluding ortho intramolecular Hbond substituents is 1. The standard InChI is InChI=1S/C35H55NOS2/c1-23-26(31(2,3)4)19-24(20-27(23)32(5,6)7)38-35(15-17-36(14)18-16-35)39-25-21-28(33(8,9)10)30(37)29(22-25)34(11,12)13/h19-22,37H,15-18H2,1-14H3. The average Bonchev–Trinajstić information content (AvgIpc) is 2.75. The number of piperidine rings is 1. The molecule has 0 saturated carbocycles. The number of thioether (sulfide) groups is 2. The lowest BCUT2D eigenvalue weighted by molar-refractivity contribution is 0.272. The molecule has 3 rings (SSSR count). The van der Waals surface area contributed by atoms with Crippen LogP contribution in [0.5, 0.6) is 5.75 Å². The van der Waals surface area contributed by atoms with Crippen LogP contribution in [0, 0.1) is 6.92 Å². The fraction of sp³-hybridized carbons (Fsp3) is 0.657. The number of rotatable bonds is 4. The molecule has 1 N–H and O–H groups in total. The number of benzene rings is 2. The molecule has 0 aromatic heterocycles. The first kappa shape index (κ1) is 32.4. The van der Waals surface area contributed by atoms with Crippen molar-refractivity contribution in [2.45, 2.75) is 138 Å². The molecule has 2 aromatic rings. The molecule has 2 nitrogen and oxygen atoms in total. The summed E-state index contributed by atoms with van der Waals surface area (Å²) in [5.74, 6) is 0.465. The van der Waals surface area contributed by atoms with Gasteiger partial charge in [0.2, 0.25) is 0 Å². The van der Waals surface area contributed by atoms with Crippen LogP contribution in [0.4, 0.5) is 0 Å². The molecular weight excluding hydrogens is 515 g/mol. The van der Waals surface area contributed by atoms with Gasteiger partial charge in [0.1, 0.15) is 5.75 Å². The molecule has 1 aliphatic rings. The van der Waals surface area contributed by atoms with Crippen molar-refractivity contribution >= 4 is 23.5 Å². The predicted octanol–water partition coefficient (Wildman–Crippen LogP) is 10.2. The van der Waals surface area contributed by atoms with Gasteiger partial charge in [-0.3, -0.25) is 0 Å². The minimum atomic E-state index is -0.131. The van der Waals surface area contributed by atoms with Gasteiger partial charge in [0.25, 0.3) is 0 Å². The van der Waals surface area contributed by atoms with E-state index in [1.807, 2.05) is 11.8 Å². The quantitative estimate of drug-likeness (QED) is 0.370. The van der Waals surface area contributed by atoms with Gasteiger partial charge in [-0.05, 0) is 103 Å². The van der Waals surface area contributed by atoms with Gasteiger partial charge in [-0.1, -0.05) is 83.1 Å². The van der Waals surface area contributed by atoms with Crippen LogP contribution >= 0.6 is 23.5 Å². The number of aromatic hydroxyl groups is 1. The first-order valence-corrected chi connectivity index (χ1v) is 16.3. The molecular formula is C35H55NOS2. The molecule has 218 valence electrons. The van der Waals surface area contributed by atoms with Crippen molar-refractivity contribution in [1.29, 1.82) is 0 Å². The normalized spacial score (nSPS) is 17.5. The van der Waals surface area contributed by atoms with E-state index in [0.29, 0.717) is 5.75 Å². The maximum atomic E-state index is 11.3. The topological polar surface area (TPSA) is 23.5 Å². The Hall–Kier alpha value is -1.10. The van der Waals surface area contributed by atoms with E-state index in [0.717, 1.165) is 37.1 Å². The van der Waals surface area contributed by atoms with E-state index in [9.17, 15) is 5.11 Å². The fourth-order valence-electron chi connectivity index (χ4n) is 5.73. The van der Waals surface area contributed by atoms with Crippen LogP contribution in [0.2, 0.25) is 0 Å². The van der Waals surface area contributed by atoms with E-state index in [1.165, 1.54) is 26.5 Å². The van der Waals surface area contributed by atoms with Crippen LogP contribution in [0.15, 0.2) is 34.1 Å². The molecule has 1 heterocycles. The Labute approximate surface area is 249 Å². The molecule has 0 amide bonds. The maximum absolute atomic E-state index is 11.3. The highest BCUT2D eigenvalue weighted by Gasteiger charge is 2.38. The smallest absolute Gasteiger partial charge is 0.123 e. The van der Waals surface area contributed by atoms with Gasteiger partial charge < -0.3 is 10.0 Å². The van der Waals surface area contributed by atoms with Crippen molar-refractivity contribution in [3.8, 4) is 5.75 Å². The molecule has 0 aliphatic carbocycles. The minimum Gasteiger partial charge on any atom is -0.507 e. The highest BCUT2D eigenvalue weighted by atomic mass is 32.2. The Balaban J connectivity index is 2.17. The predicted molar refractivity (Wildman–Crippen MR) is 175 cm³/mol. The zero-order valence-corrected chi connectivity index (χ0v) is 29.0. The van der Waals surface area contributed by atoms with Gasteiger partial charge in [0.05, 0.1) is 4.08 Å². The fourth-order valence-corrected chi connectivity index (χ4v) is 8.81. The van der Waals surface area contributed by atoms with Crippen LogP contribution in [0.1, 0.15) is 124 Å². The van der Waals surface area contributed by atoms with Crippen LogP contribution < -0.4 is 0 Å². The zero-order chi connectivity index (χ0) is 29.8. The summed E-state index contributed by atoms with van der Waals surface area (Å²) < 4.78 is 0.0351. The molecule has 0 spiro atoms. The van der Waals surface area contributed by atoms with Crippen molar-refractivity contribution in [3.05, 3.63) is 52.1 Å². The molecule has 39 heavy (non-hydrogen) atoms. The van der Waals surface area contributed by atoms with E-state index in [4.69, 9.17) is 0 Å². The van der Waals surface area contributed by atoms with Crippen molar-refractivity contribution < 1.29 is 5.11 Å². The molecule has 0 atom stereocenters. The SMILES string of the molecule is Cc1c(C(C)(C)C)cc(SC2(Sc3cc(C(C)(C)C)c(O)c(C(C)(C)C)c3)CCN(C)CC2)cc1C(C)(C)C. The number of phenols is 1. The summed E-state index contributed by atoms with van der Waals surface area (Å²) in [6, 6.07) is 9.50. The Morgan fingerprint density at radius 2 is 0.923 bits per heavy atom. The molecule has 1 aliphatic heterocycles. The number of hydrogen-bond acceptors (Lipinski definition) is 4. The highest BCUT2D eigenvalue weighted by Crippen LogP contribution is 2.54. The summed E-state index contributed by atoms with van der Waals surface area (Å²) in [6.07, 6.45) is 2.25. The largest absolute Gasteiger partial charge is 0.507 e. The summed E-state index contributed by atoms with van der Waals surface area (Å²) >= 11 is 4.12. The van der Waals surface area contributed by atoms with Crippen LogP contribution in [-0.4, -0.2) is 34.2 Å². The van der Waals surface area contributed by atoms with Crippen molar-refractivity contribution in [2.75, 3.05) is 20.1 Å². The summed E-state index contributed by atoms with van der Waals surface area (Å²) in [4.78, 5) is 5.13. The second-order valence-electron chi connectivity index (χ2n) is 15.9. The van der Waals surface area contributed by atoms with Gasteiger partial charge in [0, 0.05) is 20.9 Å². The average molecular weight is 570 g/mol. The molecule has 0 radical (unpaired) electrons. The lowest BCUT2D eigenvalue weighted by atomic mass is 9.77. The Morgan fingerprint density at radius 1 is 0.615 bits per heavy atom. The van der Waals surface area contributed by atoms with Gasteiger partial charge in [0.15, 0.2) is 0 Å². The molecule has 2 aromatic carbocycles. The highest BCUT2D eigenvalue weighted by molar-refractivity contribution is 8.18. The monoisotopic (exact) mass is 569 g/mol. The van der Waals surface area contributed by atoms with Crippen molar-refractivity contribution in [3.63, 3.8) is 0 Å². The van der Waals surface area contributed by atoms with Crippen molar-refractivity contribution in [1.82, 2.24) is 4.90 Å².